The van der Waals surface area contributed by atoms with Crippen LogP contribution in [0.2, 0.25) is 0 Å². The molecule has 5 heteroatoms. The second kappa shape index (κ2) is 5.27. The lowest BCUT2D eigenvalue weighted by Crippen LogP contribution is -2.66. The highest BCUT2D eigenvalue weighted by Crippen LogP contribution is 2.32. The number of amides is 2. The van der Waals surface area contributed by atoms with Gasteiger partial charge >= 0.3 is 0 Å². The molecular weight excluding hydrogens is 268 g/mol. The maximum atomic E-state index is 13.1. The summed E-state index contributed by atoms with van der Waals surface area (Å²) >= 11 is 0. The molecule has 0 N–H and O–H groups in total. The van der Waals surface area contributed by atoms with Gasteiger partial charge in [0.15, 0.2) is 0 Å². The van der Waals surface area contributed by atoms with E-state index in [1.165, 1.54) is 0 Å². The number of hydrogen-bond donors (Lipinski definition) is 0. The highest BCUT2D eigenvalue weighted by molar-refractivity contribution is 5.90. The van der Waals surface area contributed by atoms with Crippen molar-refractivity contribution in [2.24, 2.45) is 0 Å². The first-order valence-electron chi connectivity index (χ1n) is 7.79. The molecule has 0 aromatic heterocycles. The Balaban J connectivity index is 2.41. The van der Waals surface area contributed by atoms with Gasteiger partial charge < -0.3 is 14.5 Å². The molecule has 5 nitrogen and oxygen atoms in total. The maximum Gasteiger partial charge on any atom is 0.249 e. The van der Waals surface area contributed by atoms with Crippen LogP contribution in [0.1, 0.15) is 54.4 Å². The van der Waals surface area contributed by atoms with E-state index in [1.807, 2.05) is 46.4 Å². The predicted octanol–water partition coefficient (Wildman–Crippen LogP) is 1.80. The normalized spacial score (nSPS) is 28.5. The zero-order chi connectivity index (χ0) is 16.0. The number of rotatable bonds is 0. The van der Waals surface area contributed by atoms with E-state index in [2.05, 4.69) is 0 Å². The zero-order valence-corrected chi connectivity index (χ0v) is 14.1. The fraction of sp³-hybridized carbons (Fsp3) is 0.875. The Morgan fingerprint density at radius 3 is 2.19 bits per heavy atom. The summed E-state index contributed by atoms with van der Waals surface area (Å²) in [5.74, 6) is -0.0687. The smallest absolute Gasteiger partial charge is 0.249 e. The van der Waals surface area contributed by atoms with Crippen molar-refractivity contribution in [3.63, 3.8) is 0 Å². The molecule has 2 amide bonds. The molecule has 2 saturated heterocycles. The average molecular weight is 296 g/mol. The molecule has 0 saturated carbocycles. The molecule has 2 fully saturated rings. The summed E-state index contributed by atoms with van der Waals surface area (Å²) in [5.41, 5.74) is -0.622. The SMILES string of the molecule is CC(C)(C)N1CCCC2OCC(=O)N(C(C)(C)C)C2C1=O. The molecule has 2 heterocycles. The summed E-state index contributed by atoms with van der Waals surface area (Å²) in [6.07, 6.45) is 1.56. The third-order valence-corrected chi connectivity index (χ3v) is 4.24. The number of nitrogens with zero attached hydrogens (tertiary/aromatic N) is 2. The van der Waals surface area contributed by atoms with Gasteiger partial charge in [0.05, 0.1) is 6.10 Å². The van der Waals surface area contributed by atoms with E-state index >= 15 is 0 Å². The molecule has 0 radical (unpaired) electrons. The van der Waals surface area contributed by atoms with Crippen LogP contribution in [0.5, 0.6) is 0 Å². The number of carbonyl (C=O) groups is 2. The van der Waals surface area contributed by atoms with Crippen molar-refractivity contribution < 1.29 is 14.3 Å². The van der Waals surface area contributed by atoms with Crippen LogP contribution in [0.3, 0.4) is 0 Å². The Hall–Kier alpha value is -1.10. The number of carbonyl (C=O) groups excluding carboxylic acids is 2. The van der Waals surface area contributed by atoms with Crippen LogP contribution >= 0.6 is 0 Å². The van der Waals surface area contributed by atoms with Gasteiger partial charge in [-0.15, -0.1) is 0 Å². The largest absolute Gasteiger partial charge is 0.366 e. The molecule has 120 valence electrons. The number of hydrogen-bond acceptors (Lipinski definition) is 3. The molecule has 0 aromatic carbocycles. The van der Waals surface area contributed by atoms with Crippen LogP contribution in [0.25, 0.3) is 0 Å². The maximum absolute atomic E-state index is 13.1. The summed E-state index contributed by atoms with van der Waals surface area (Å²) in [7, 11) is 0. The minimum atomic E-state index is -0.493. The van der Waals surface area contributed by atoms with Gasteiger partial charge in [0, 0.05) is 17.6 Å². The molecule has 2 aliphatic heterocycles. The van der Waals surface area contributed by atoms with Gasteiger partial charge in [-0.1, -0.05) is 0 Å². The van der Waals surface area contributed by atoms with E-state index in [9.17, 15) is 9.59 Å². The highest BCUT2D eigenvalue weighted by Gasteiger charge is 2.49. The molecule has 2 aliphatic rings. The van der Waals surface area contributed by atoms with E-state index in [0.717, 1.165) is 19.4 Å². The number of fused-ring (bicyclic) bond motifs is 1. The van der Waals surface area contributed by atoms with Gasteiger partial charge in [0.25, 0.3) is 0 Å². The molecule has 0 bridgehead atoms. The average Bonchev–Trinajstić information content (AvgIpc) is 2.47. The van der Waals surface area contributed by atoms with Crippen molar-refractivity contribution in [3.8, 4) is 0 Å². The van der Waals surface area contributed by atoms with Crippen LogP contribution in [-0.4, -0.2) is 58.0 Å². The highest BCUT2D eigenvalue weighted by atomic mass is 16.5. The molecule has 0 aromatic rings. The fourth-order valence-electron chi connectivity index (χ4n) is 3.35. The number of likely N-dealkylation sites (tertiary alicyclic amines) is 1. The first-order valence-corrected chi connectivity index (χ1v) is 7.79. The first kappa shape index (κ1) is 16.3. The monoisotopic (exact) mass is 296 g/mol. The summed E-state index contributed by atoms with van der Waals surface area (Å²) in [6.45, 7) is 12.9. The lowest BCUT2D eigenvalue weighted by atomic mass is 9.95. The van der Waals surface area contributed by atoms with Crippen molar-refractivity contribution in [2.75, 3.05) is 13.2 Å². The second-order valence-corrected chi connectivity index (χ2v) is 8.03. The van der Waals surface area contributed by atoms with Crippen LogP contribution < -0.4 is 0 Å². The molecule has 21 heavy (non-hydrogen) atoms. The molecule has 0 spiro atoms. The van der Waals surface area contributed by atoms with Crippen LogP contribution in [0, 0.1) is 0 Å². The molecule has 0 aliphatic carbocycles. The van der Waals surface area contributed by atoms with Crippen molar-refractivity contribution in [2.45, 2.75) is 77.6 Å². The Morgan fingerprint density at radius 1 is 1.05 bits per heavy atom. The van der Waals surface area contributed by atoms with E-state index in [0.29, 0.717) is 0 Å². The van der Waals surface area contributed by atoms with Gasteiger partial charge in [-0.2, -0.15) is 0 Å². The summed E-state index contributed by atoms with van der Waals surface area (Å²) in [6, 6.07) is -0.493. The van der Waals surface area contributed by atoms with E-state index in [-0.39, 0.29) is 35.6 Å². The van der Waals surface area contributed by atoms with Gasteiger partial charge in [-0.3, -0.25) is 9.59 Å². The van der Waals surface area contributed by atoms with Gasteiger partial charge in [-0.05, 0) is 54.4 Å². The van der Waals surface area contributed by atoms with Crippen molar-refractivity contribution >= 4 is 11.8 Å². The minimum absolute atomic E-state index is 0.0213. The molecule has 2 rings (SSSR count). The zero-order valence-electron chi connectivity index (χ0n) is 14.1. The van der Waals surface area contributed by atoms with Crippen LogP contribution in [0.4, 0.5) is 0 Å². The van der Waals surface area contributed by atoms with Gasteiger partial charge in [0.1, 0.15) is 12.6 Å². The van der Waals surface area contributed by atoms with Crippen molar-refractivity contribution in [1.29, 1.82) is 0 Å². The molecule has 2 atom stereocenters. The van der Waals surface area contributed by atoms with E-state index in [4.69, 9.17) is 4.74 Å². The Bertz CT molecular complexity index is 434. The second-order valence-electron chi connectivity index (χ2n) is 8.03. The van der Waals surface area contributed by atoms with Crippen LogP contribution in [-0.2, 0) is 14.3 Å². The van der Waals surface area contributed by atoms with Crippen molar-refractivity contribution in [3.05, 3.63) is 0 Å². The topological polar surface area (TPSA) is 49.9 Å². The first-order chi connectivity index (χ1) is 9.53. The van der Waals surface area contributed by atoms with Crippen LogP contribution in [0.15, 0.2) is 0 Å². The Kier molecular flexibility index (Phi) is 4.08. The Labute approximate surface area is 127 Å². The lowest BCUT2D eigenvalue weighted by molar-refractivity contribution is -0.176. The van der Waals surface area contributed by atoms with Gasteiger partial charge in [0.2, 0.25) is 11.8 Å². The summed E-state index contributed by atoms with van der Waals surface area (Å²) < 4.78 is 5.69. The summed E-state index contributed by atoms with van der Waals surface area (Å²) in [4.78, 5) is 29.1. The number of ether oxygens (including phenoxy) is 1. The standard InChI is InChI=1S/C16H28N2O3/c1-15(2,3)17-9-7-8-11-13(14(17)20)18(16(4,5)6)12(19)10-21-11/h11,13H,7-10H2,1-6H3. The van der Waals surface area contributed by atoms with E-state index < -0.39 is 6.04 Å². The van der Waals surface area contributed by atoms with Crippen molar-refractivity contribution in [1.82, 2.24) is 9.80 Å². The lowest BCUT2D eigenvalue weighted by Gasteiger charge is -2.48. The quantitative estimate of drug-likeness (QED) is 0.685. The number of morpholine rings is 1. The fourth-order valence-corrected chi connectivity index (χ4v) is 3.35. The third kappa shape index (κ3) is 3.07. The molecule has 2 unspecified atom stereocenters. The summed E-state index contributed by atoms with van der Waals surface area (Å²) in [5, 5.41) is 0. The molecular formula is C16H28N2O3. The predicted molar refractivity (Wildman–Crippen MR) is 80.8 cm³/mol. The third-order valence-electron chi connectivity index (χ3n) is 4.24. The Morgan fingerprint density at radius 2 is 1.67 bits per heavy atom. The minimum Gasteiger partial charge on any atom is -0.366 e. The van der Waals surface area contributed by atoms with Gasteiger partial charge in [-0.25, -0.2) is 0 Å². The van der Waals surface area contributed by atoms with E-state index in [1.54, 1.807) is 4.90 Å².